The van der Waals surface area contributed by atoms with Gasteiger partial charge in [-0.25, -0.2) is 4.98 Å². The molecule has 2 aliphatic heterocycles. The summed E-state index contributed by atoms with van der Waals surface area (Å²) in [5.74, 6) is 1.48. The highest BCUT2D eigenvalue weighted by Gasteiger charge is 2.53. The summed E-state index contributed by atoms with van der Waals surface area (Å²) in [6.07, 6.45) is 5.74. The standard InChI is InChI=1S/C23H24N4O2S2/c1-23-11-10-18(28)27(23)16(12-30-23)21(29)26-22-19(13-6-2-5-9-17(13)31-22)20-24-14-7-3-4-8-15(14)25-20/h3-4,7-8,16H,2,5-6,9-12H2,1H3,(H,24,25)(H,26,29). The summed E-state index contributed by atoms with van der Waals surface area (Å²) in [5.41, 5.74) is 4.27. The summed E-state index contributed by atoms with van der Waals surface area (Å²) in [4.78, 5) is 37.1. The van der Waals surface area contributed by atoms with Crippen LogP contribution in [0, 0.1) is 0 Å². The van der Waals surface area contributed by atoms with Gasteiger partial charge in [0.25, 0.3) is 0 Å². The molecule has 160 valence electrons. The van der Waals surface area contributed by atoms with E-state index in [1.807, 2.05) is 29.2 Å². The Balaban J connectivity index is 1.38. The minimum atomic E-state index is -0.410. The van der Waals surface area contributed by atoms with E-state index in [-0.39, 0.29) is 16.7 Å². The third-order valence-electron chi connectivity index (χ3n) is 6.78. The quantitative estimate of drug-likeness (QED) is 0.611. The lowest BCUT2D eigenvalue weighted by Gasteiger charge is -2.29. The van der Waals surface area contributed by atoms with Crippen LogP contribution in [-0.2, 0) is 22.4 Å². The van der Waals surface area contributed by atoms with E-state index < -0.39 is 6.04 Å². The van der Waals surface area contributed by atoms with Crippen molar-refractivity contribution in [1.82, 2.24) is 14.9 Å². The van der Waals surface area contributed by atoms with Gasteiger partial charge in [0, 0.05) is 17.1 Å². The first kappa shape index (κ1) is 19.4. The van der Waals surface area contributed by atoms with Crippen LogP contribution in [-0.4, -0.2) is 43.3 Å². The van der Waals surface area contributed by atoms with E-state index in [9.17, 15) is 9.59 Å². The van der Waals surface area contributed by atoms with Crippen LogP contribution in [0.3, 0.4) is 0 Å². The maximum absolute atomic E-state index is 13.4. The molecular weight excluding hydrogens is 428 g/mol. The van der Waals surface area contributed by atoms with Crippen LogP contribution in [0.15, 0.2) is 24.3 Å². The highest BCUT2D eigenvalue weighted by atomic mass is 32.2. The van der Waals surface area contributed by atoms with E-state index in [1.165, 1.54) is 16.9 Å². The van der Waals surface area contributed by atoms with Crippen molar-refractivity contribution in [2.45, 2.75) is 56.4 Å². The number of nitrogens with zero attached hydrogens (tertiary/aromatic N) is 2. The van der Waals surface area contributed by atoms with Crippen LogP contribution in [0.25, 0.3) is 22.4 Å². The molecule has 1 aromatic carbocycles. The molecule has 2 aromatic heterocycles. The third-order valence-corrected chi connectivity index (χ3v) is 9.49. The lowest BCUT2D eigenvalue weighted by atomic mass is 9.95. The van der Waals surface area contributed by atoms with Crippen molar-refractivity contribution in [1.29, 1.82) is 0 Å². The summed E-state index contributed by atoms with van der Waals surface area (Å²) in [6.45, 7) is 2.08. The molecule has 2 atom stereocenters. The Morgan fingerprint density at radius 3 is 2.97 bits per heavy atom. The average Bonchev–Trinajstić information content (AvgIpc) is 3.49. The Morgan fingerprint density at radius 1 is 1.26 bits per heavy atom. The first-order valence-electron chi connectivity index (χ1n) is 10.9. The van der Waals surface area contributed by atoms with Gasteiger partial charge in [-0.1, -0.05) is 12.1 Å². The van der Waals surface area contributed by atoms with Gasteiger partial charge in [0.15, 0.2) is 0 Å². The number of hydrogen-bond acceptors (Lipinski definition) is 5. The number of aromatic nitrogens is 2. The number of hydrogen-bond donors (Lipinski definition) is 2. The summed E-state index contributed by atoms with van der Waals surface area (Å²) >= 11 is 3.40. The fraction of sp³-hybridized carbons (Fsp3) is 0.435. The van der Waals surface area contributed by atoms with Gasteiger partial charge in [0.05, 0.1) is 21.5 Å². The Labute approximate surface area is 188 Å². The highest BCUT2D eigenvalue weighted by molar-refractivity contribution is 8.01. The third kappa shape index (κ3) is 3.03. The summed E-state index contributed by atoms with van der Waals surface area (Å²) < 4.78 is 0. The number of fused-ring (bicyclic) bond motifs is 3. The van der Waals surface area contributed by atoms with Gasteiger partial charge in [-0.15, -0.1) is 23.1 Å². The number of thioether (sulfide) groups is 1. The number of thiophene rings is 1. The minimum Gasteiger partial charge on any atom is -0.338 e. The molecule has 3 aliphatic rings. The Hall–Kier alpha value is -2.32. The predicted molar refractivity (Wildman–Crippen MR) is 125 cm³/mol. The van der Waals surface area contributed by atoms with E-state index in [0.717, 1.165) is 53.1 Å². The molecule has 0 saturated carbocycles. The molecule has 31 heavy (non-hydrogen) atoms. The van der Waals surface area contributed by atoms with Crippen molar-refractivity contribution in [3.63, 3.8) is 0 Å². The van der Waals surface area contributed by atoms with Gasteiger partial charge in [-0.05, 0) is 56.7 Å². The number of rotatable bonds is 3. The number of nitrogens with one attached hydrogen (secondary N) is 2. The number of benzene rings is 1. The number of imidazole rings is 1. The molecule has 2 unspecified atom stereocenters. The monoisotopic (exact) mass is 452 g/mol. The molecule has 2 amide bonds. The van der Waals surface area contributed by atoms with Gasteiger partial charge >= 0.3 is 0 Å². The topological polar surface area (TPSA) is 78.1 Å². The maximum Gasteiger partial charge on any atom is 0.248 e. The maximum atomic E-state index is 13.4. The first-order chi connectivity index (χ1) is 15.0. The number of H-pyrrole nitrogens is 1. The summed E-state index contributed by atoms with van der Waals surface area (Å²) in [6, 6.07) is 7.60. The molecule has 2 N–H and O–H groups in total. The van der Waals surface area contributed by atoms with E-state index in [4.69, 9.17) is 4.98 Å². The number of aromatic amines is 1. The average molecular weight is 453 g/mol. The molecule has 0 radical (unpaired) electrons. The van der Waals surface area contributed by atoms with E-state index in [0.29, 0.717) is 12.2 Å². The molecule has 8 heteroatoms. The molecule has 4 heterocycles. The number of anilines is 1. The first-order valence-corrected chi connectivity index (χ1v) is 12.7. The Kier molecular flexibility index (Phi) is 4.44. The van der Waals surface area contributed by atoms with Crippen molar-refractivity contribution < 1.29 is 9.59 Å². The van der Waals surface area contributed by atoms with Crippen molar-refractivity contribution in [2.24, 2.45) is 0 Å². The van der Waals surface area contributed by atoms with Crippen LogP contribution in [0.4, 0.5) is 5.00 Å². The van der Waals surface area contributed by atoms with E-state index >= 15 is 0 Å². The lowest BCUT2D eigenvalue weighted by Crippen LogP contribution is -2.48. The molecule has 6 rings (SSSR count). The van der Waals surface area contributed by atoms with Crippen LogP contribution in [0.5, 0.6) is 0 Å². The number of carbonyl (C=O) groups is 2. The fourth-order valence-corrected chi connectivity index (χ4v) is 7.91. The fourth-order valence-electron chi connectivity index (χ4n) is 5.19. The highest BCUT2D eigenvalue weighted by Crippen LogP contribution is 2.48. The molecule has 1 aliphatic carbocycles. The van der Waals surface area contributed by atoms with Gasteiger partial charge < -0.3 is 15.2 Å². The van der Waals surface area contributed by atoms with Gasteiger partial charge in [0.1, 0.15) is 16.9 Å². The van der Waals surface area contributed by atoms with Crippen LogP contribution in [0.1, 0.15) is 43.0 Å². The second-order valence-corrected chi connectivity index (χ2v) is 11.4. The Morgan fingerprint density at radius 2 is 2.10 bits per heavy atom. The minimum absolute atomic E-state index is 0.0811. The number of carbonyl (C=O) groups excluding carboxylic acids is 2. The number of amides is 2. The van der Waals surface area contributed by atoms with Crippen molar-refractivity contribution in [3.05, 3.63) is 34.7 Å². The molecule has 3 aromatic rings. The van der Waals surface area contributed by atoms with Crippen LogP contribution >= 0.6 is 23.1 Å². The second kappa shape index (κ2) is 7.10. The molecule has 0 bridgehead atoms. The van der Waals surface area contributed by atoms with Gasteiger partial charge in [-0.3, -0.25) is 9.59 Å². The molecule has 2 fully saturated rings. The zero-order chi connectivity index (χ0) is 21.2. The van der Waals surface area contributed by atoms with E-state index in [2.05, 4.69) is 17.2 Å². The number of aryl methyl sites for hydroxylation is 1. The van der Waals surface area contributed by atoms with Gasteiger partial charge in [-0.2, -0.15) is 0 Å². The van der Waals surface area contributed by atoms with Crippen LogP contribution in [0.2, 0.25) is 0 Å². The summed E-state index contributed by atoms with van der Waals surface area (Å²) in [5, 5.41) is 4.08. The van der Waals surface area contributed by atoms with Crippen LogP contribution < -0.4 is 5.32 Å². The second-order valence-electron chi connectivity index (χ2n) is 8.77. The smallest absolute Gasteiger partial charge is 0.248 e. The van der Waals surface area contributed by atoms with Gasteiger partial charge in [0.2, 0.25) is 11.8 Å². The zero-order valence-electron chi connectivity index (χ0n) is 17.4. The SMILES string of the molecule is CC12CCC(=O)N1C(C(=O)Nc1sc3c(c1-c1nc4ccccc4[nH]1)CCCC3)CS2. The van der Waals surface area contributed by atoms with Crippen molar-refractivity contribution in [3.8, 4) is 11.4 Å². The Bertz CT molecular complexity index is 1180. The normalized spacial score (nSPS) is 25.1. The largest absolute Gasteiger partial charge is 0.338 e. The van der Waals surface area contributed by atoms with Crippen molar-refractivity contribution in [2.75, 3.05) is 11.1 Å². The zero-order valence-corrected chi connectivity index (χ0v) is 19.0. The molecule has 6 nitrogen and oxygen atoms in total. The lowest BCUT2D eigenvalue weighted by molar-refractivity contribution is -0.135. The number of para-hydroxylation sites is 2. The molecule has 0 spiro atoms. The van der Waals surface area contributed by atoms with Crippen molar-refractivity contribution >= 4 is 50.9 Å². The summed E-state index contributed by atoms with van der Waals surface area (Å²) in [7, 11) is 0. The predicted octanol–water partition coefficient (Wildman–Crippen LogP) is 4.56. The van der Waals surface area contributed by atoms with E-state index in [1.54, 1.807) is 23.1 Å². The molecule has 2 saturated heterocycles. The molecular formula is C23H24N4O2S2.